The number of rotatable bonds is 13. The van der Waals surface area contributed by atoms with E-state index in [1.165, 1.54) is 57.8 Å². The van der Waals surface area contributed by atoms with Gasteiger partial charge in [-0.1, -0.05) is 78.4 Å². The van der Waals surface area contributed by atoms with Gasteiger partial charge in [0.1, 0.15) is 0 Å². The second kappa shape index (κ2) is 14.2. The van der Waals surface area contributed by atoms with Gasteiger partial charge in [0.2, 0.25) is 0 Å². The van der Waals surface area contributed by atoms with Gasteiger partial charge in [-0.25, -0.2) is 0 Å². The molecule has 19 heavy (non-hydrogen) atoms. The van der Waals surface area contributed by atoms with Crippen molar-refractivity contribution in [2.45, 2.75) is 84.5 Å². The van der Waals surface area contributed by atoms with Crippen LogP contribution in [0.2, 0.25) is 0 Å². The predicted molar refractivity (Wildman–Crippen MR) is 89.0 cm³/mol. The quantitative estimate of drug-likeness (QED) is 0.254. The molecule has 0 aliphatic carbocycles. The molecular weight excluding hydrogens is 228 g/mol. The van der Waals surface area contributed by atoms with Crippen LogP contribution in [0.4, 0.5) is 0 Å². The first-order valence-corrected chi connectivity index (χ1v) is 8.48. The average molecular weight is 264 g/mol. The van der Waals surface area contributed by atoms with Crippen LogP contribution in [0.5, 0.6) is 0 Å². The summed E-state index contributed by atoms with van der Waals surface area (Å²) >= 11 is 0. The van der Waals surface area contributed by atoms with E-state index in [2.05, 4.69) is 39.8 Å². The summed E-state index contributed by atoms with van der Waals surface area (Å²) in [6.07, 6.45) is 18.8. The molecule has 0 aliphatic rings. The smallest absolute Gasteiger partial charge is 0.0351 e. The van der Waals surface area contributed by atoms with Crippen LogP contribution < -0.4 is 0 Å². The molecule has 0 amide bonds. The summed E-state index contributed by atoms with van der Waals surface area (Å²) in [5, 5.41) is 0. The third-order valence-electron chi connectivity index (χ3n) is 4.03. The van der Waals surface area contributed by atoms with Crippen molar-refractivity contribution in [3.05, 3.63) is 26.0 Å². The Labute approximate surface area is 123 Å². The van der Waals surface area contributed by atoms with Gasteiger partial charge >= 0.3 is 0 Å². The molecule has 0 aromatic carbocycles. The van der Waals surface area contributed by atoms with Gasteiger partial charge in [-0.15, -0.1) is 0 Å². The molecule has 0 N–H and O–H groups in total. The number of hydrogen-bond donors (Lipinski definition) is 0. The first-order valence-electron chi connectivity index (χ1n) is 8.48. The second-order valence-electron chi connectivity index (χ2n) is 6.01. The molecule has 0 rings (SSSR count). The lowest BCUT2D eigenvalue weighted by Gasteiger charge is -2.19. The van der Waals surface area contributed by atoms with E-state index in [0.717, 1.165) is 24.7 Å². The molecule has 2 unspecified atom stereocenters. The maximum absolute atomic E-state index is 3.95. The molecular formula is C19H36. The van der Waals surface area contributed by atoms with Crippen LogP contribution in [-0.4, -0.2) is 0 Å². The third-order valence-corrected chi connectivity index (χ3v) is 4.03. The minimum absolute atomic E-state index is 0.892. The lowest BCUT2D eigenvalue weighted by atomic mass is 9.87. The molecule has 0 aromatic heterocycles. The standard InChI is InChI=1S/C19H36/c1-5-8-10-11-12-13-14-15-18(4)17-19(7-3)16-9-6-2/h11-12,18-19H,1-2,5-10,13-17H2,3-4H3/b12-11+. The van der Waals surface area contributed by atoms with E-state index in [1.54, 1.807) is 0 Å². The Hall–Kier alpha value is -0.260. The van der Waals surface area contributed by atoms with Crippen molar-refractivity contribution in [1.29, 1.82) is 0 Å². The van der Waals surface area contributed by atoms with Gasteiger partial charge in [-0.3, -0.25) is 0 Å². The number of unbranched alkanes of at least 4 members (excludes halogenated alkanes) is 4. The van der Waals surface area contributed by atoms with E-state index < -0.39 is 0 Å². The summed E-state index contributed by atoms with van der Waals surface area (Å²) in [6, 6.07) is 0. The highest BCUT2D eigenvalue weighted by Crippen LogP contribution is 2.24. The van der Waals surface area contributed by atoms with Gasteiger partial charge in [0, 0.05) is 0 Å². The van der Waals surface area contributed by atoms with E-state index in [0.29, 0.717) is 0 Å². The van der Waals surface area contributed by atoms with Crippen LogP contribution in [0.1, 0.15) is 84.5 Å². The summed E-state index contributed by atoms with van der Waals surface area (Å²) in [5.41, 5.74) is 0. The molecule has 0 fully saturated rings. The Morgan fingerprint density at radius 2 is 1.53 bits per heavy atom. The fourth-order valence-electron chi connectivity index (χ4n) is 2.69. The molecule has 0 bridgehead atoms. The van der Waals surface area contributed by atoms with Crippen molar-refractivity contribution in [2.75, 3.05) is 0 Å². The Balaban J connectivity index is 3.56. The Kier molecular flexibility index (Phi) is 14.0. The van der Waals surface area contributed by atoms with Crippen LogP contribution in [-0.2, 0) is 0 Å². The lowest BCUT2D eigenvalue weighted by molar-refractivity contribution is 0.337. The SMILES string of the molecule is [CH2]CCC/C=C/CCCC(C)CC(CC)CCC[CH2]. The Morgan fingerprint density at radius 1 is 0.895 bits per heavy atom. The summed E-state index contributed by atoms with van der Waals surface area (Å²) in [7, 11) is 0. The summed E-state index contributed by atoms with van der Waals surface area (Å²) < 4.78 is 0. The van der Waals surface area contributed by atoms with Gasteiger partial charge < -0.3 is 0 Å². The average Bonchev–Trinajstić information content (AvgIpc) is 2.42. The highest BCUT2D eigenvalue weighted by atomic mass is 14.2. The van der Waals surface area contributed by atoms with E-state index >= 15 is 0 Å². The van der Waals surface area contributed by atoms with Crippen molar-refractivity contribution in [3.63, 3.8) is 0 Å². The van der Waals surface area contributed by atoms with Crippen molar-refractivity contribution >= 4 is 0 Å². The normalized spacial score (nSPS) is 14.9. The zero-order valence-corrected chi connectivity index (χ0v) is 13.5. The van der Waals surface area contributed by atoms with E-state index in [1.807, 2.05) is 0 Å². The number of allylic oxidation sites excluding steroid dienone is 2. The van der Waals surface area contributed by atoms with Gasteiger partial charge in [0.05, 0.1) is 0 Å². The summed E-state index contributed by atoms with van der Waals surface area (Å²) in [6.45, 7) is 12.6. The molecule has 0 nitrogen and oxygen atoms in total. The first kappa shape index (κ1) is 18.7. The largest absolute Gasteiger partial charge is 0.0885 e. The Morgan fingerprint density at radius 3 is 2.11 bits per heavy atom. The van der Waals surface area contributed by atoms with E-state index in [-0.39, 0.29) is 0 Å². The van der Waals surface area contributed by atoms with Crippen LogP contribution in [0.15, 0.2) is 12.2 Å². The molecule has 0 aliphatic heterocycles. The summed E-state index contributed by atoms with van der Waals surface area (Å²) in [5.74, 6) is 1.83. The maximum Gasteiger partial charge on any atom is -0.0351 e. The molecule has 0 heterocycles. The minimum atomic E-state index is 0.892. The molecule has 112 valence electrons. The van der Waals surface area contributed by atoms with Crippen molar-refractivity contribution in [1.82, 2.24) is 0 Å². The topological polar surface area (TPSA) is 0 Å². The third kappa shape index (κ3) is 12.5. The first-order chi connectivity index (χ1) is 9.24. The second-order valence-corrected chi connectivity index (χ2v) is 6.01. The minimum Gasteiger partial charge on any atom is -0.0885 e. The molecule has 2 radical (unpaired) electrons. The fourth-order valence-corrected chi connectivity index (χ4v) is 2.69. The molecule has 0 saturated heterocycles. The molecule has 0 heteroatoms. The van der Waals surface area contributed by atoms with Crippen molar-refractivity contribution in [3.8, 4) is 0 Å². The molecule has 2 atom stereocenters. The van der Waals surface area contributed by atoms with Gasteiger partial charge in [-0.05, 0) is 43.9 Å². The van der Waals surface area contributed by atoms with Crippen LogP contribution in [0.25, 0.3) is 0 Å². The lowest BCUT2D eigenvalue weighted by Crippen LogP contribution is -2.06. The highest BCUT2D eigenvalue weighted by molar-refractivity contribution is 4.81. The van der Waals surface area contributed by atoms with Gasteiger partial charge in [0.15, 0.2) is 0 Å². The van der Waals surface area contributed by atoms with E-state index in [9.17, 15) is 0 Å². The van der Waals surface area contributed by atoms with Crippen molar-refractivity contribution in [2.24, 2.45) is 11.8 Å². The van der Waals surface area contributed by atoms with Crippen molar-refractivity contribution < 1.29 is 0 Å². The molecule has 0 aromatic rings. The monoisotopic (exact) mass is 264 g/mol. The Bertz CT molecular complexity index is 192. The zero-order valence-electron chi connectivity index (χ0n) is 13.5. The fraction of sp³-hybridized carbons (Fsp3) is 0.789. The summed E-state index contributed by atoms with van der Waals surface area (Å²) in [4.78, 5) is 0. The van der Waals surface area contributed by atoms with Gasteiger partial charge in [0.25, 0.3) is 0 Å². The molecule has 0 saturated carbocycles. The van der Waals surface area contributed by atoms with Crippen LogP contribution >= 0.6 is 0 Å². The molecule has 0 spiro atoms. The number of hydrogen-bond acceptors (Lipinski definition) is 0. The van der Waals surface area contributed by atoms with Gasteiger partial charge in [-0.2, -0.15) is 0 Å². The predicted octanol–water partition coefficient (Wildman–Crippen LogP) is 6.77. The maximum atomic E-state index is 3.95. The zero-order chi connectivity index (χ0) is 14.3. The van der Waals surface area contributed by atoms with Crippen LogP contribution in [0, 0.1) is 25.7 Å². The highest BCUT2D eigenvalue weighted by Gasteiger charge is 2.10. The van der Waals surface area contributed by atoms with E-state index in [4.69, 9.17) is 0 Å². The van der Waals surface area contributed by atoms with Crippen LogP contribution in [0.3, 0.4) is 0 Å².